The van der Waals surface area contributed by atoms with E-state index in [4.69, 9.17) is 14.5 Å². The van der Waals surface area contributed by atoms with E-state index in [1.807, 2.05) is 13.0 Å². The Bertz CT molecular complexity index is 426. The second-order valence-corrected chi connectivity index (χ2v) is 7.21. The normalized spacial score (nSPS) is 13.4. The Labute approximate surface area is 128 Å². The van der Waals surface area contributed by atoms with Gasteiger partial charge in [0, 0.05) is 0 Å². The van der Waals surface area contributed by atoms with Crippen molar-refractivity contribution in [3.8, 4) is 0 Å². The summed E-state index contributed by atoms with van der Waals surface area (Å²) in [6.07, 6.45) is 9.99. The lowest BCUT2D eigenvalue weighted by Crippen LogP contribution is -1.95. The first kappa shape index (κ1) is 20.3. The van der Waals surface area contributed by atoms with Gasteiger partial charge in [0.1, 0.15) is 6.35 Å². The van der Waals surface area contributed by atoms with Gasteiger partial charge in [0.15, 0.2) is 0 Å². The fraction of sp³-hybridized carbons (Fsp3) is 0.625. The molecule has 0 bridgehead atoms. The maximum Gasteiger partial charge on any atom is 0.350 e. The van der Waals surface area contributed by atoms with Crippen molar-refractivity contribution < 1.29 is 19.1 Å². The maximum absolute atomic E-state index is 10.6. The van der Waals surface area contributed by atoms with Crippen LogP contribution >= 0.6 is 7.60 Å². The van der Waals surface area contributed by atoms with Gasteiger partial charge in [0.05, 0.1) is 6.61 Å². The van der Waals surface area contributed by atoms with Crippen molar-refractivity contribution in [2.24, 2.45) is 0 Å². The molecule has 0 heterocycles. The van der Waals surface area contributed by atoms with Gasteiger partial charge in [-0.05, 0) is 53.4 Å². The zero-order chi connectivity index (χ0) is 16.3. The second kappa shape index (κ2) is 11.0. The molecule has 0 spiro atoms. The standard InChI is InChI=1S/C16H29O4P/c1-14(2)7-5-8-15(3)9-6-10-16(4)11-12-20-13-21(17,18)19/h7,9,11H,5-6,8,10,12-13H2,1-4H3,(H2,17,18,19)/b15-9+,16-11+. The Kier molecular flexibility index (Phi) is 10.6. The van der Waals surface area contributed by atoms with Crippen LogP contribution in [0.15, 0.2) is 34.9 Å². The van der Waals surface area contributed by atoms with Gasteiger partial charge in [0.25, 0.3) is 0 Å². The van der Waals surface area contributed by atoms with Crippen LogP contribution in [0.5, 0.6) is 0 Å². The first-order valence-electron chi connectivity index (χ1n) is 7.27. The van der Waals surface area contributed by atoms with Crippen molar-refractivity contribution in [2.45, 2.75) is 53.4 Å². The third-order valence-electron chi connectivity index (χ3n) is 2.93. The summed E-state index contributed by atoms with van der Waals surface area (Å²) in [6.45, 7) is 8.64. The van der Waals surface area contributed by atoms with Crippen LogP contribution in [0.25, 0.3) is 0 Å². The van der Waals surface area contributed by atoms with Crippen molar-refractivity contribution in [1.29, 1.82) is 0 Å². The molecule has 0 aromatic rings. The quantitative estimate of drug-likeness (QED) is 0.352. The van der Waals surface area contributed by atoms with Crippen molar-refractivity contribution in [2.75, 3.05) is 13.0 Å². The van der Waals surface area contributed by atoms with Gasteiger partial charge in [0.2, 0.25) is 0 Å². The molecular weight excluding hydrogens is 287 g/mol. The molecule has 0 fully saturated rings. The predicted octanol–water partition coefficient (Wildman–Crippen LogP) is 4.56. The van der Waals surface area contributed by atoms with Gasteiger partial charge in [-0.3, -0.25) is 4.57 Å². The molecule has 0 rings (SSSR count). The zero-order valence-electron chi connectivity index (χ0n) is 13.6. The lowest BCUT2D eigenvalue weighted by molar-refractivity contribution is 0.184. The molecule has 0 radical (unpaired) electrons. The number of rotatable bonds is 10. The van der Waals surface area contributed by atoms with E-state index in [1.165, 1.54) is 16.7 Å². The summed E-state index contributed by atoms with van der Waals surface area (Å²) in [6, 6.07) is 0. The number of hydrogen-bond donors (Lipinski definition) is 2. The molecule has 0 aliphatic carbocycles. The van der Waals surface area contributed by atoms with E-state index >= 15 is 0 Å². The van der Waals surface area contributed by atoms with Crippen molar-refractivity contribution in [1.82, 2.24) is 0 Å². The van der Waals surface area contributed by atoms with Crippen LogP contribution in [0.4, 0.5) is 0 Å². The lowest BCUT2D eigenvalue weighted by Gasteiger charge is -2.04. The van der Waals surface area contributed by atoms with Crippen LogP contribution in [0.1, 0.15) is 53.4 Å². The van der Waals surface area contributed by atoms with E-state index in [2.05, 4.69) is 32.9 Å². The van der Waals surface area contributed by atoms with Gasteiger partial charge in [-0.25, -0.2) is 0 Å². The summed E-state index contributed by atoms with van der Waals surface area (Å²) < 4.78 is 15.5. The molecule has 0 amide bonds. The van der Waals surface area contributed by atoms with Crippen LogP contribution in [0.3, 0.4) is 0 Å². The maximum atomic E-state index is 10.6. The zero-order valence-corrected chi connectivity index (χ0v) is 14.5. The molecular formula is C16H29O4P. The van der Waals surface area contributed by atoms with Crippen molar-refractivity contribution in [3.63, 3.8) is 0 Å². The van der Waals surface area contributed by atoms with E-state index in [-0.39, 0.29) is 6.61 Å². The van der Waals surface area contributed by atoms with Gasteiger partial charge in [-0.2, -0.15) is 0 Å². The average molecular weight is 316 g/mol. The summed E-state index contributed by atoms with van der Waals surface area (Å²) >= 11 is 0. The summed E-state index contributed by atoms with van der Waals surface area (Å²) in [5, 5.41) is 0. The second-order valence-electron chi connectivity index (χ2n) is 5.62. The number of hydrogen-bond acceptors (Lipinski definition) is 2. The Morgan fingerprint density at radius 1 is 0.952 bits per heavy atom. The molecule has 0 atom stereocenters. The SMILES string of the molecule is CC(C)=CCC/C(C)=C/CC/C(C)=C/COCP(=O)(O)O. The average Bonchev–Trinajstić information content (AvgIpc) is 2.33. The topological polar surface area (TPSA) is 66.8 Å². The fourth-order valence-corrected chi connectivity index (χ4v) is 2.05. The van der Waals surface area contributed by atoms with Crippen LogP contribution in [0.2, 0.25) is 0 Å². The highest BCUT2D eigenvalue weighted by atomic mass is 31.2. The highest BCUT2D eigenvalue weighted by Gasteiger charge is 2.11. The molecule has 2 N–H and O–H groups in total. The minimum atomic E-state index is -4.04. The molecule has 5 heteroatoms. The Balaban J connectivity index is 3.88. The van der Waals surface area contributed by atoms with E-state index in [0.29, 0.717) is 0 Å². The van der Waals surface area contributed by atoms with Crippen LogP contribution in [0, 0.1) is 0 Å². The molecule has 0 saturated heterocycles. The molecule has 122 valence electrons. The third kappa shape index (κ3) is 15.5. The highest BCUT2D eigenvalue weighted by molar-refractivity contribution is 7.51. The van der Waals surface area contributed by atoms with Crippen molar-refractivity contribution in [3.05, 3.63) is 34.9 Å². The Morgan fingerprint density at radius 2 is 1.48 bits per heavy atom. The Morgan fingerprint density at radius 3 is 2.00 bits per heavy atom. The molecule has 4 nitrogen and oxygen atoms in total. The first-order chi connectivity index (χ1) is 9.70. The minimum absolute atomic E-state index is 0.250. The summed E-state index contributed by atoms with van der Waals surface area (Å²) in [5.41, 5.74) is 3.93. The van der Waals surface area contributed by atoms with Gasteiger partial charge in [-0.1, -0.05) is 34.9 Å². The molecule has 0 saturated carbocycles. The summed E-state index contributed by atoms with van der Waals surface area (Å²) in [4.78, 5) is 17.3. The van der Waals surface area contributed by atoms with E-state index in [9.17, 15) is 4.57 Å². The molecule has 0 aromatic carbocycles. The number of ether oxygens (including phenoxy) is 1. The monoisotopic (exact) mass is 316 g/mol. The van der Waals surface area contributed by atoms with E-state index in [1.54, 1.807) is 0 Å². The van der Waals surface area contributed by atoms with Gasteiger partial charge in [-0.15, -0.1) is 0 Å². The lowest BCUT2D eigenvalue weighted by atomic mass is 10.1. The largest absolute Gasteiger partial charge is 0.365 e. The minimum Gasteiger partial charge on any atom is -0.365 e. The van der Waals surface area contributed by atoms with Crippen LogP contribution in [-0.4, -0.2) is 22.7 Å². The molecule has 21 heavy (non-hydrogen) atoms. The summed E-state index contributed by atoms with van der Waals surface area (Å²) in [7, 11) is -4.04. The van der Waals surface area contributed by atoms with Gasteiger partial charge >= 0.3 is 7.60 Å². The van der Waals surface area contributed by atoms with Crippen molar-refractivity contribution >= 4 is 7.60 Å². The predicted molar refractivity (Wildman–Crippen MR) is 88.3 cm³/mol. The van der Waals surface area contributed by atoms with Crippen LogP contribution in [-0.2, 0) is 9.30 Å². The Hall–Kier alpha value is -0.670. The number of allylic oxidation sites excluding steroid dienone is 5. The highest BCUT2D eigenvalue weighted by Crippen LogP contribution is 2.33. The molecule has 0 aromatic heterocycles. The first-order valence-corrected chi connectivity index (χ1v) is 9.07. The van der Waals surface area contributed by atoms with E-state index < -0.39 is 13.9 Å². The fourth-order valence-electron chi connectivity index (χ4n) is 1.71. The summed E-state index contributed by atoms with van der Waals surface area (Å²) in [5.74, 6) is 0. The smallest absolute Gasteiger partial charge is 0.350 e. The van der Waals surface area contributed by atoms with Crippen LogP contribution < -0.4 is 0 Å². The third-order valence-corrected chi connectivity index (χ3v) is 3.45. The molecule has 0 unspecified atom stereocenters. The van der Waals surface area contributed by atoms with Gasteiger partial charge < -0.3 is 14.5 Å². The molecule has 0 aliphatic rings. The van der Waals surface area contributed by atoms with E-state index in [0.717, 1.165) is 25.7 Å². The molecule has 0 aliphatic heterocycles.